The van der Waals surface area contributed by atoms with Crippen molar-refractivity contribution in [2.24, 2.45) is 0 Å². The van der Waals surface area contributed by atoms with Gasteiger partial charge in [-0.2, -0.15) is 0 Å². The van der Waals surface area contributed by atoms with E-state index in [-0.39, 0.29) is 17.0 Å². The quantitative estimate of drug-likeness (QED) is 0.786. The normalized spacial score (nSPS) is 13.4. The summed E-state index contributed by atoms with van der Waals surface area (Å²) in [4.78, 5) is 11.0. The number of sulfonamides is 1. The largest absolute Gasteiger partial charge is 0.478 e. The average Bonchev–Trinajstić information content (AvgIpc) is 2.38. The molecule has 8 heteroatoms. The molecule has 0 aromatic heterocycles. The van der Waals surface area contributed by atoms with Crippen LogP contribution in [0.5, 0.6) is 0 Å². The number of benzene rings is 1. The Balaban J connectivity index is 3.27. The van der Waals surface area contributed by atoms with Gasteiger partial charge in [0.1, 0.15) is 0 Å². The van der Waals surface area contributed by atoms with E-state index in [1.807, 2.05) is 0 Å². The van der Waals surface area contributed by atoms with Crippen molar-refractivity contribution in [2.45, 2.75) is 31.3 Å². The van der Waals surface area contributed by atoms with Crippen molar-refractivity contribution >= 4 is 31.9 Å². The summed E-state index contributed by atoms with van der Waals surface area (Å²) in [5, 5.41) is 18.3. The van der Waals surface area contributed by atoms with E-state index in [2.05, 4.69) is 15.9 Å². The van der Waals surface area contributed by atoms with Gasteiger partial charge < -0.3 is 10.2 Å². The molecule has 1 aromatic rings. The zero-order chi connectivity index (χ0) is 16.4. The van der Waals surface area contributed by atoms with E-state index in [0.29, 0.717) is 16.5 Å². The lowest BCUT2D eigenvalue weighted by molar-refractivity contribution is 0.0696. The Kier molecular flexibility index (Phi) is 5.92. The molecule has 0 aliphatic rings. The summed E-state index contributed by atoms with van der Waals surface area (Å²) in [5.74, 6) is -1.20. The second-order valence-corrected chi connectivity index (χ2v) is 7.72. The van der Waals surface area contributed by atoms with Gasteiger partial charge in [0.05, 0.1) is 16.6 Å². The Labute approximate surface area is 132 Å². The molecule has 0 saturated carbocycles. The van der Waals surface area contributed by atoms with Gasteiger partial charge in [-0.1, -0.05) is 15.9 Å². The third-order valence-electron chi connectivity index (χ3n) is 3.09. The number of aromatic carboxylic acids is 1. The van der Waals surface area contributed by atoms with Gasteiger partial charge >= 0.3 is 5.97 Å². The first-order valence-electron chi connectivity index (χ1n) is 6.25. The Morgan fingerprint density at radius 3 is 2.48 bits per heavy atom. The Bertz CT molecular complexity index is 642. The van der Waals surface area contributed by atoms with Crippen molar-refractivity contribution < 1.29 is 23.4 Å². The molecule has 0 fully saturated rings. The molecular weight excluding hydrogens is 362 g/mol. The van der Waals surface area contributed by atoms with E-state index in [9.17, 15) is 18.3 Å². The third-order valence-corrected chi connectivity index (χ3v) is 5.90. The SMILES string of the molecule is Cc1c(Br)cc(C(=O)O)cc1S(=O)(=O)N(C)CCC(C)O. The molecule has 1 unspecified atom stereocenters. The summed E-state index contributed by atoms with van der Waals surface area (Å²) in [7, 11) is -2.41. The van der Waals surface area contributed by atoms with Crippen LogP contribution in [0, 0.1) is 6.92 Å². The fraction of sp³-hybridized carbons (Fsp3) is 0.462. The van der Waals surface area contributed by atoms with Crippen LogP contribution in [0.15, 0.2) is 21.5 Å². The molecule has 21 heavy (non-hydrogen) atoms. The van der Waals surface area contributed by atoms with Crippen molar-refractivity contribution in [1.29, 1.82) is 0 Å². The first-order valence-corrected chi connectivity index (χ1v) is 8.48. The van der Waals surface area contributed by atoms with Crippen LogP contribution in [-0.2, 0) is 10.0 Å². The molecule has 0 aliphatic carbocycles. The van der Waals surface area contributed by atoms with Gasteiger partial charge in [-0.3, -0.25) is 0 Å². The highest BCUT2D eigenvalue weighted by Crippen LogP contribution is 2.27. The molecule has 1 rings (SSSR count). The van der Waals surface area contributed by atoms with Crippen molar-refractivity contribution in [3.8, 4) is 0 Å². The van der Waals surface area contributed by atoms with Crippen molar-refractivity contribution in [3.05, 3.63) is 27.7 Å². The molecular formula is C13H18BrNO5S. The molecule has 1 aromatic carbocycles. The van der Waals surface area contributed by atoms with Crippen LogP contribution >= 0.6 is 15.9 Å². The van der Waals surface area contributed by atoms with Crippen LogP contribution in [0.3, 0.4) is 0 Å². The van der Waals surface area contributed by atoms with Crippen LogP contribution in [0.25, 0.3) is 0 Å². The van der Waals surface area contributed by atoms with Gasteiger partial charge in [0.25, 0.3) is 0 Å². The fourth-order valence-corrected chi connectivity index (χ4v) is 3.75. The third kappa shape index (κ3) is 4.26. The van der Waals surface area contributed by atoms with Gasteiger partial charge in [-0.25, -0.2) is 17.5 Å². The minimum Gasteiger partial charge on any atom is -0.478 e. The molecule has 0 saturated heterocycles. The predicted octanol–water partition coefficient (Wildman–Crippen LogP) is 1.85. The second kappa shape index (κ2) is 6.87. The molecule has 0 heterocycles. The first-order chi connectivity index (χ1) is 9.57. The summed E-state index contributed by atoms with van der Waals surface area (Å²) in [6.45, 7) is 3.33. The second-order valence-electron chi connectivity index (χ2n) is 4.85. The Morgan fingerprint density at radius 1 is 1.43 bits per heavy atom. The fourth-order valence-electron chi connectivity index (χ4n) is 1.70. The zero-order valence-electron chi connectivity index (χ0n) is 12.0. The maximum atomic E-state index is 12.5. The van der Waals surface area contributed by atoms with Crippen molar-refractivity contribution in [2.75, 3.05) is 13.6 Å². The number of halogens is 1. The zero-order valence-corrected chi connectivity index (χ0v) is 14.4. The minimum atomic E-state index is -3.81. The van der Waals surface area contributed by atoms with E-state index in [1.54, 1.807) is 13.8 Å². The van der Waals surface area contributed by atoms with Gasteiger partial charge in [-0.15, -0.1) is 0 Å². The molecule has 0 radical (unpaired) electrons. The lowest BCUT2D eigenvalue weighted by Crippen LogP contribution is -2.30. The number of rotatable bonds is 6. The van der Waals surface area contributed by atoms with E-state index < -0.39 is 22.1 Å². The van der Waals surface area contributed by atoms with Gasteiger partial charge in [-0.05, 0) is 38.0 Å². The van der Waals surface area contributed by atoms with E-state index in [0.717, 1.165) is 10.4 Å². The monoisotopic (exact) mass is 379 g/mol. The number of hydrogen-bond donors (Lipinski definition) is 2. The lowest BCUT2D eigenvalue weighted by atomic mass is 10.1. The Hall–Kier alpha value is -0.960. The van der Waals surface area contributed by atoms with Crippen LogP contribution in [0.1, 0.15) is 29.3 Å². The maximum absolute atomic E-state index is 12.5. The molecule has 0 bridgehead atoms. The van der Waals surface area contributed by atoms with Crippen LogP contribution in [0.2, 0.25) is 0 Å². The van der Waals surface area contributed by atoms with E-state index in [4.69, 9.17) is 5.11 Å². The molecule has 2 N–H and O–H groups in total. The highest BCUT2D eigenvalue weighted by Gasteiger charge is 2.25. The Morgan fingerprint density at radius 2 is 2.00 bits per heavy atom. The lowest BCUT2D eigenvalue weighted by Gasteiger charge is -2.20. The summed E-state index contributed by atoms with van der Waals surface area (Å²) in [6, 6.07) is 2.52. The highest BCUT2D eigenvalue weighted by atomic mass is 79.9. The van der Waals surface area contributed by atoms with Gasteiger partial charge in [0, 0.05) is 18.1 Å². The van der Waals surface area contributed by atoms with Crippen LogP contribution in [-0.4, -0.2) is 48.6 Å². The van der Waals surface area contributed by atoms with E-state index >= 15 is 0 Å². The average molecular weight is 380 g/mol. The standard InChI is InChI=1S/C13H18BrNO5S/c1-8(16)4-5-15(3)21(19,20)12-7-10(13(17)18)6-11(14)9(12)2/h6-8,16H,4-5H2,1-3H3,(H,17,18). The number of hydrogen-bond acceptors (Lipinski definition) is 4. The number of carbonyl (C=O) groups is 1. The minimum absolute atomic E-state index is 0.0534. The molecule has 0 aliphatic heterocycles. The molecule has 0 amide bonds. The van der Waals surface area contributed by atoms with E-state index in [1.165, 1.54) is 13.1 Å². The summed E-state index contributed by atoms with van der Waals surface area (Å²) >= 11 is 3.18. The number of carboxylic acid groups (broad SMARTS) is 1. The summed E-state index contributed by atoms with van der Waals surface area (Å²) in [6.07, 6.45) is -0.310. The first kappa shape index (κ1) is 18.1. The number of aliphatic hydroxyl groups is 1. The molecule has 118 valence electrons. The number of carboxylic acids is 1. The number of aliphatic hydroxyl groups excluding tert-OH is 1. The predicted molar refractivity (Wildman–Crippen MR) is 82.0 cm³/mol. The molecule has 6 nitrogen and oxygen atoms in total. The van der Waals surface area contributed by atoms with Crippen molar-refractivity contribution in [3.63, 3.8) is 0 Å². The van der Waals surface area contributed by atoms with Gasteiger partial charge in [0.15, 0.2) is 0 Å². The number of nitrogens with zero attached hydrogens (tertiary/aromatic N) is 1. The maximum Gasteiger partial charge on any atom is 0.335 e. The van der Waals surface area contributed by atoms with Crippen LogP contribution in [0.4, 0.5) is 0 Å². The van der Waals surface area contributed by atoms with Gasteiger partial charge in [0.2, 0.25) is 10.0 Å². The smallest absolute Gasteiger partial charge is 0.335 e. The topological polar surface area (TPSA) is 94.9 Å². The molecule has 1 atom stereocenters. The van der Waals surface area contributed by atoms with Crippen molar-refractivity contribution in [1.82, 2.24) is 4.31 Å². The summed E-state index contributed by atoms with van der Waals surface area (Å²) in [5.41, 5.74) is 0.346. The highest BCUT2D eigenvalue weighted by molar-refractivity contribution is 9.10. The summed E-state index contributed by atoms with van der Waals surface area (Å²) < 4.78 is 26.6. The van der Waals surface area contributed by atoms with Crippen LogP contribution < -0.4 is 0 Å². The molecule has 0 spiro atoms.